The number of nitrogens with one attached hydrogen (secondary N) is 2. The van der Waals surface area contributed by atoms with E-state index in [0.29, 0.717) is 12.0 Å². The van der Waals surface area contributed by atoms with Crippen molar-refractivity contribution in [2.45, 2.75) is 38.1 Å². The van der Waals surface area contributed by atoms with E-state index in [-0.39, 0.29) is 0 Å². The summed E-state index contributed by atoms with van der Waals surface area (Å²) in [5, 5.41) is 6.68. The van der Waals surface area contributed by atoms with Gasteiger partial charge in [0.1, 0.15) is 0 Å². The largest absolute Gasteiger partial charge is 0.384 e. The van der Waals surface area contributed by atoms with E-state index >= 15 is 0 Å². The molecule has 0 aliphatic heterocycles. The Morgan fingerprint density at radius 3 is 2.52 bits per heavy atom. The highest BCUT2D eigenvalue weighted by atomic mass is 15.2. The van der Waals surface area contributed by atoms with Crippen molar-refractivity contribution in [3.63, 3.8) is 0 Å². The van der Waals surface area contributed by atoms with Gasteiger partial charge in [-0.3, -0.25) is 0 Å². The van der Waals surface area contributed by atoms with Crippen LogP contribution in [0.5, 0.6) is 0 Å². The predicted octanol–water partition coefficient (Wildman–Crippen LogP) is 4.03. The fraction of sp³-hybridized carbons (Fsp3) is 0.444. The van der Waals surface area contributed by atoms with Crippen LogP contribution in [0.3, 0.4) is 0 Å². The minimum atomic E-state index is 0.499. The molecule has 0 spiro atoms. The quantitative estimate of drug-likeness (QED) is 0.873. The second-order valence-electron chi connectivity index (χ2n) is 6.05. The second-order valence-corrected chi connectivity index (χ2v) is 6.05. The number of anilines is 4. The van der Waals surface area contributed by atoms with Gasteiger partial charge in [0.2, 0.25) is 5.95 Å². The molecule has 2 N–H and O–H groups in total. The summed E-state index contributed by atoms with van der Waals surface area (Å²) in [4.78, 5) is 11.3. The highest BCUT2D eigenvalue weighted by Crippen LogP contribution is 2.29. The highest BCUT2D eigenvalue weighted by molar-refractivity contribution is 5.72. The van der Waals surface area contributed by atoms with Crippen molar-refractivity contribution in [1.82, 2.24) is 9.97 Å². The van der Waals surface area contributed by atoms with Gasteiger partial charge in [-0.25, -0.2) is 4.98 Å². The van der Waals surface area contributed by atoms with Gasteiger partial charge in [0, 0.05) is 25.8 Å². The van der Waals surface area contributed by atoms with E-state index in [2.05, 4.69) is 32.7 Å². The molecule has 1 saturated carbocycles. The van der Waals surface area contributed by atoms with Gasteiger partial charge in [-0.1, -0.05) is 37.5 Å². The van der Waals surface area contributed by atoms with Crippen molar-refractivity contribution < 1.29 is 0 Å². The zero-order valence-corrected chi connectivity index (χ0v) is 13.9. The fourth-order valence-corrected chi connectivity index (χ4v) is 3.08. The van der Waals surface area contributed by atoms with Crippen LogP contribution in [0.15, 0.2) is 36.5 Å². The Morgan fingerprint density at radius 1 is 1.09 bits per heavy atom. The second kappa shape index (κ2) is 7.31. The summed E-state index contributed by atoms with van der Waals surface area (Å²) in [7, 11) is 3.93. The summed E-state index contributed by atoms with van der Waals surface area (Å²) in [5.74, 6) is 1.60. The summed E-state index contributed by atoms with van der Waals surface area (Å²) in [6.45, 7) is 0. The lowest BCUT2D eigenvalue weighted by atomic mass is 9.96. The van der Waals surface area contributed by atoms with Gasteiger partial charge < -0.3 is 15.5 Å². The fourth-order valence-electron chi connectivity index (χ4n) is 3.08. The first-order valence-electron chi connectivity index (χ1n) is 8.38. The SMILES string of the molecule is CNc1cnc(NC2CCCCC2)nc1N(C)c1ccccc1. The lowest BCUT2D eigenvalue weighted by Gasteiger charge is -2.25. The van der Waals surface area contributed by atoms with Crippen LogP contribution in [-0.2, 0) is 0 Å². The average Bonchev–Trinajstić information content (AvgIpc) is 2.62. The van der Waals surface area contributed by atoms with Gasteiger partial charge >= 0.3 is 0 Å². The molecule has 5 nitrogen and oxygen atoms in total. The molecular weight excluding hydrogens is 286 g/mol. The number of aromatic nitrogens is 2. The Hall–Kier alpha value is -2.30. The minimum Gasteiger partial charge on any atom is -0.384 e. The first-order valence-corrected chi connectivity index (χ1v) is 8.38. The molecule has 3 rings (SSSR count). The molecule has 0 bridgehead atoms. The van der Waals surface area contributed by atoms with Crippen molar-refractivity contribution in [3.05, 3.63) is 36.5 Å². The minimum absolute atomic E-state index is 0.499. The standard InChI is InChI=1S/C18H25N5/c1-19-16-13-20-18(21-14-9-5-3-6-10-14)22-17(16)23(2)15-11-7-4-8-12-15/h4,7-8,11-14,19H,3,5-6,9-10H2,1-2H3,(H,20,21,22). The van der Waals surface area contributed by atoms with Crippen molar-refractivity contribution in [2.75, 3.05) is 29.6 Å². The predicted molar refractivity (Wildman–Crippen MR) is 96.6 cm³/mol. The van der Waals surface area contributed by atoms with Crippen molar-refractivity contribution in [3.8, 4) is 0 Å². The van der Waals surface area contributed by atoms with E-state index in [4.69, 9.17) is 4.98 Å². The number of benzene rings is 1. The van der Waals surface area contributed by atoms with Crippen LogP contribution in [0.1, 0.15) is 32.1 Å². The van der Waals surface area contributed by atoms with E-state index in [1.54, 1.807) is 0 Å². The van der Waals surface area contributed by atoms with E-state index in [1.807, 2.05) is 38.5 Å². The van der Waals surface area contributed by atoms with Crippen LogP contribution in [0.25, 0.3) is 0 Å². The Morgan fingerprint density at radius 2 is 1.83 bits per heavy atom. The number of nitrogens with zero attached hydrogens (tertiary/aromatic N) is 3. The van der Waals surface area contributed by atoms with E-state index < -0.39 is 0 Å². The zero-order valence-electron chi connectivity index (χ0n) is 13.9. The maximum absolute atomic E-state index is 4.76. The molecule has 0 unspecified atom stereocenters. The Labute approximate surface area is 138 Å². The number of rotatable bonds is 5. The number of hydrogen-bond acceptors (Lipinski definition) is 5. The molecule has 0 atom stereocenters. The van der Waals surface area contributed by atoms with E-state index in [1.165, 1.54) is 32.1 Å². The third-order valence-corrected chi connectivity index (χ3v) is 4.44. The molecule has 1 fully saturated rings. The molecule has 5 heteroatoms. The molecule has 1 heterocycles. The maximum atomic E-state index is 4.76. The third-order valence-electron chi connectivity index (χ3n) is 4.44. The van der Waals surface area contributed by atoms with Gasteiger partial charge in [-0.2, -0.15) is 4.98 Å². The molecule has 1 aromatic heterocycles. The van der Waals surface area contributed by atoms with E-state index in [9.17, 15) is 0 Å². The van der Waals surface area contributed by atoms with Crippen molar-refractivity contribution in [2.24, 2.45) is 0 Å². The van der Waals surface area contributed by atoms with Crippen LogP contribution >= 0.6 is 0 Å². The highest BCUT2D eigenvalue weighted by Gasteiger charge is 2.17. The van der Waals surface area contributed by atoms with Crippen LogP contribution in [0.4, 0.5) is 23.1 Å². The van der Waals surface area contributed by atoms with Crippen LogP contribution < -0.4 is 15.5 Å². The smallest absolute Gasteiger partial charge is 0.224 e. The van der Waals surface area contributed by atoms with Gasteiger partial charge in [-0.15, -0.1) is 0 Å². The molecule has 1 aromatic carbocycles. The van der Waals surface area contributed by atoms with Gasteiger partial charge in [0.05, 0.1) is 11.9 Å². The molecular formula is C18H25N5. The van der Waals surface area contributed by atoms with Crippen LogP contribution in [-0.4, -0.2) is 30.1 Å². The van der Waals surface area contributed by atoms with Crippen molar-refractivity contribution in [1.29, 1.82) is 0 Å². The molecule has 0 amide bonds. The Balaban J connectivity index is 1.84. The number of hydrogen-bond donors (Lipinski definition) is 2. The normalized spacial score (nSPS) is 15.2. The molecule has 1 aliphatic carbocycles. The third kappa shape index (κ3) is 3.73. The lowest BCUT2D eigenvalue weighted by Crippen LogP contribution is -2.24. The van der Waals surface area contributed by atoms with Gasteiger partial charge in [0.15, 0.2) is 5.82 Å². The summed E-state index contributed by atoms with van der Waals surface area (Å²) in [6.07, 6.45) is 8.21. The molecule has 2 aromatic rings. The van der Waals surface area contributed by atoms with Crippen LogP contribution in [0.2, 0.25) is 0 Å². The number of para-hydroxylation sites is 1. The molecule has 0 saturated heterocycles. The molecule has 0 radical (unpaired) electrons. The van der Waals surface area contributed by atoms with Crippen molar-refractivity contribution >= 4 is 23.1 Å². The van der Waals surface area contributed by atoms with Gasteiger partial charge in [-0.05, 0) is 25.0 Å². The van der Waals surface area contributed by atoms with E-state index in [0.717, 1.165) is 17.2 Å². The summed E-state index contributed by atoms with van der Waals surface area (Å²) < 4.78 is 0. The lowest BCUT2D eigenvalue weighted by molar-refractivity contribution is 0.461. The summed E-state index contributed by atoms with van der Waals surface area (Å²) in [6, 6.07) is 10.7. The average molecular weight is 311 g/mol. The zero-order chi connectivity index (χ0) is 16.1. The maximum Gasteiger partial charge on any atom is 0.224 e. The Kier molecular flexibility index (Phi) is 4.95. The molecule has 1 aliphatic rings. The first-order chi connectivity index (χ1) is 11.3. The first kappa shape index (κ1) is 15.6. The molecule has 122 valence electrons. The van der Waals surface area contributed by atoms with Gasteiger partial charge in [0.25, 0.3) is 0 Å². The molecule has 23 heavy (non-hydrogen) atoms. The Bertz CT molecular complexity index is 623. The van der Waals surface area contributed by atoms with Crippen LogP contribution in [0, 0.1) is 0 Å². The topological polar surface area (TPSA) is 53.1 Å². The summed E-state index contributed by atoms with van der Waals surface area (Å²) in [5.41, 5.74) is 2.02. The summed E-state index contributed by atoms with van der Waals surface area (Å²) >= 11 is 0. The monoisotopic (exact) mass is 311 g/mol.